The van der Waals surface area contributed by atoms with Crippen LogP contribution in [0.1, 0.15) is 19.3 Å². The monoisotopic (exact) mass is 243 g/mol. The van der Waals surface area contributed by atoms with Crippen molar-refractivity contribution >= 4 is 5.91 Å². The van der Waals surface area contributed by atoms with Crippen LogP contribution in [0.4, 0.5) is 0 Å². The van der Waals surface area contributed by atoms with Crippen LogP contribution in [-0.4, -0.2) is 57.8 Å². The molecule has 0 aromatic rings. The largest absolute Gasteiger partial charge is 0.381 e. The Hall–Kier alpha value is -0.650. The van der Waals surface area contributed by atoms with Crippen LogP contribution >= 0.6 is 0 Å². The van der Waals surface area contributed by atoms with E-state index in [1.807, 2.05) is 19.0 Å². The zero-order chi connectivity index (χ0) is 12.7. The Morgan fingerprint density at radius 1 is 1.47 bits per heavy atom. The summed E-state index contributed by atoms with van der Waals surface area (Å²) in [7, 11) is 3.78. The van der Waals surface area contributed by atoms with Crippen LogP contribution in [0, 0.1) is 5.41 Å². The van der Waals surface area contributed by atoms with Gasteiger partial charge in [-0.3, -0.25) is 4.79 Å². The number of nitrogens with two attached hydrogens (primary N) is 1. The molecule has 0 aromatic heterocycles. The fourth-order valence-electron chi connectivity index (χ4n) is 2.27. The number of hydrogen-bond donors (Lipinski definition) is 2. The molecular weight excluding hydrogens is 218 g/mol. The summed E-state index contributed by atoms with van der Waals surface area (Å²) < 4.78 is 5.32. The standard InChI is InChI=1S/C12H25N3O2/c1-14-6-3-7-15(2)11(16)12(10-13)4-8-17-9-5-12/h14H,3-10,13H2,1-2H3. The van der Waals surface area contributed by atoms with E-state index < -0.39 is 0 Å². The van der Waals surface area contributed by atoms with E-state index in [2.05, 4.69) is 5.32 Å². The van der Waals surface area contributed by atoms with Crippen LogP contribution in [0.3, 0.4) is 0 Å². The molecule has 0 radical (unpaired) electrons. The molecule has 0 saturated carbocycles. The van der Waals surface area contributed by atoms with Gasteiger partial charge in [0, 0.05) is 33.4 Å². The van der Waals surface area contributed by atoms with E-state index in [1.54, 1.807) is 0 Å². The summed E-state index contributed by atoms with van der Waals surface area (Å²) >= 11 is 0. The highest BCUT2D eigenvalue weighted by molar-refractivity contribution is 5.82. The zero-order valence-corrected chi connectivity index (χ0v) is 11.0. The number of nitrogens with zero attached hydrogens (tertiary/aromatic N) is 1. The predicted molar refractivity (Wildman–Crippen MR) is 67.7 cm³/mol. The number of rotatable bonds is 6. The number of carbonyl (C=O) groups is 1. The summed E-state index contributed by atoms with van der Waals surface area (Å²) in [6.07, 6.45) is 2.47. The van der Waals surface area contributed by atoms with Crippen molar-refractivity contribution < 1.29 is 9.53 Å². The minimum atomic E-state index is -0.382. The Morgan fingerprint density at radius 3 is 2.65 bits per heavy atom. The highest BCUT2D eigenvalue weighted by Crippen LogP contribution is 2.31. The van der Waals surface area contributed by atoms with Gasteiger partial charge in [-0.1, -0.05) is 0 Å². The number of hydrogen-bond acceptors (Lipinski definition) is 4. The van der Waals surface area contributed by atoms with Crippen molar-refractivity contribution in [1.82, 2.24) is 10.2 Å². The van der Waals surface area contributed by atoms with Crippen LogP contribution in [0.25, 0.3) is 0 Å². The predicted octanol–water partition coefficient (Wildman–Crippen LogP) is -0.190. The first-order valence-corrected chi connectivity index (χ1v) is 6.34. The van der Waals surface area contributed by atoms with Crippen molar-refractivity contribution in [2.75, 3.05) is 46.9 Å². The van der Waals surface area contributed by atoms with Crippen molar-refractivity contribution in [3.63, 3.8) is 0 Å². The van der Waals surface area contributed by atoms with Crippen molar-refractivity contribution in [3.05, 3.63) is 0 Å². The van der Waals surface area contributed by atoms with Gasteiger partial charge in [-0.2, -0.15) is 0 Å². The molecule has 0 spiro atoms. The summed E-state index contributed by atoms with van der Waals surface area (Å²) in [5.41, 5.74) is 5.43. The van der Waals surface area contributed by atoms with Crippen molar-refractivity contribution in [2.45, 2.75) is 19.3 Å². The van der Waals surface area contributed by atoms with Crippen LogP contribution in [0.5, 0.6) is 0 Å². The Kier molecular flexibility index (Phi) is 5.88. The van der Waals surface area contributed by atoms with E-state index in [-0.39, 0.29) is 11.3 Å². The molecule has 0 unspecified atom stereocenters. The molecule has 3 N–H and O–H groups in total. The highest BCUT2D eigenvalue weighted by Gasteiger charge is 2.40. The molecule has 1 rings (SSSR count). The molecule has 1 aliphatic heterocycles. The smallest absolute Gasteiger partial charge is 0.229 e. The second-order valence-corrected chi connectivity index (χ2v) is 4.78. The molecule has 0 atom stereocenters. The summed E-state index contributed by atoms with van der Waals surface area (Å²) in [5, 5.41) is 3.08. The summed E-state index contributed by atoms with van der Waals surface area (Å²) in [5.74, 6) is 0.180. The number of carbonyl (C=O) groups excluding carboxylic acids is 1. The lowest BCUT2D eigenvalue weighted by molar-refractivity contribution is -0.145. The molecule has 1 fully saturated rings. The minimum absolute atomic E-state index is 0.180. The first-order chi connectivity index (χ1) is 8.16. The van der Waals surface area contributed by atoms with Crippen LogP contribution < -0.4 is 11.1 Å². The van der Waals surface area contributed by atoms with Crippen molar-refractivity contribution in [3.8, 4) is 0 Å². The van der Waals surface area contributed by atoms with Crippen molar-refractivity contribution in [2.24, 2.45) is 11.1 Å². The molecule has 100 valence electrons. The maximum atomic E-state index is 12.4. The lowest BCUT2D eigenvalue weighted by Gasteiger charge is -2.37. The maximum Gasteiger partial charge on any atom is 0.229 e. The average molecular weight is 243 g/mol. The number of ether oxygens (including phenoxy) is 1. The van der Waals surface area contributed by atoms with Crippen LogP contribution in [0.2, 0.25) is 0 Å². The van der Waals surface area contributed by atoms with E-state index in [0.717, 1.165) is 32.4 Å². The fourth-order valence-corrected chi connectivity index (χ4v) is 2.27. The second kappa shape index (κ2) is 6.93. The number of amides is 1. The summed E-state index contributed by atoms with van der Waals surface area (Å²) in [6, 6.07) is 0. The van der Waals surface area contributed by atoms with Gasteiger partial charge in [0.25, 0.3) is 0 Å². The maximum absolute atomic E-state index is 12.4. The first-order valence-electron chi connectivity index (χ1n) is 6.34. The molecule has 0 aliphatic carbocycles. The Bertz CT molecular complexity index is 240. The molecule has 1 aliphatic rings. The Balaban J connectivity index is 2.52. The first kappa shape index (κ1) is 14.4. The average Bonchev–Trinajstić information content (AvgIpc) is 2.38. The third kappa shape index (κ3) is 3.66. The molecule has 5 nitrogen and oxygen atoms in total. The van der Waals surface area contributed by atoms with Gasteiger partial charge in [0.05, 0.1) is 5.41 Å². The number of nitrogens with one attached hydrogen (secondary N) is 1. The molecule has 1 heterocycles. The highest BCUT2D eigenvalue weighted by atomic mass is 16.5. The van der Waals surface area contributed by atoms with Gasteiger partial charge in [0.15, 0.2) is 0 Å². The third-order valence-corrected chi connectivity index (χ3v) is 3.56. The topological polar surface area (TPSA) is 67.6 Å². The molecule has 0 bridgehead atoms. The lowest BCUT2D eigenvalue weighted by Crippen LogP contribution is -2.50. The normalized spacial score (nSPS) is 19.0. The van der Waals surface area contributed by atoms with Gasteiger partial charge in [0.2, 0.25) is 5.91 Å². The van der Waals surface area contributed by atoms with Gasteiger partial charge >= 0.3 is 0 Å². The van der Waals surface area contributed by atoms with Crippen LogP contribution in [0.15, 0.2) is 0 Å². The Labute approximate surface area is 104 Å². The SMILES string of the molecule is CNCCCN(C)C(=O)C1(CN)CCOCC1. The quantitative estimate of drug-likeness (QED) is 0.635. The van der Waals surface area contributed by atoms with E-state index in [0.29, 0.717) is 19.8 Å². The van der Waals surface area contributed by atoms with Gasteiger partial charge in [0.1, 0.15) is 0 Å². The molecule has 5 heteroatoms. The Morgan fingerprint density at radius 2 is 2.12 bits per heavy atom. The second-order valence-electron chi connectivity index (χ2n) is 4.78. The van der Waals surface area contributed by atoms with Gasteiger partial charge in [-0.25, -0.2) is 0 Å². The lowest BCUT2D eigenvalue weighted by atomic mass is 9.79. The van der Waals surface area contributed by atoms with E-state index in [4.69, 9.17) is 10.5 Å². The van der Waals surface area contributed by atoms with Gasteiger partial charge in [-0.15, -0.1) is 0 Å². The molecule has 17 heavy (non-hydrogen) atoms. The van der Waals surface area contributed by atoms with Gasteiger partial charge in [-0.05, 0) is 32.9 Å². The molecular formula is C12H25N3O2. The van der Waals surface area contributed by atoms with Crippen molar-refractivity contribution in [1.29, 1.82) is 0 Å². The van der Waals surface area contributed by atoms with Crippen LogP contribution in [-0.2, 0) is 9.53 Å². The molecule has 1 amide bonds. The minimum Gasteiger partial charge on any atom is -0.381 e. The van der Waals surface area contributed by atoms with E-state index in [1.165, 1.54) is 0 Å². The fraction of sp³-hybridized carbons (Fsp3) is 0.917. The summed E-state index contributed by atoms with van der Waals surface area (Å²) in [6.45, 7) is 3.42. The third-order valence-electron chi connectivity index (χ3n) is 3.56. The van der Waals surface area contributed by atoms with E-state index in [9.17, 15) is 4.79 Å². The zero-order valence-electron chi connectivity index (χ0n) is 11.0. The van der Waals surface area contributed by atoms with Gasteiger partial charge < -0.3 is 20.7 Å². The molecule has 1 saturated heterocycles. The summed E-state index contributed by atoms with van der Waals surface area (Å²) in [4.78, 5) is 14.2. The molecule has 0 aromatic carbocycles. The van der Waals surface area contributed by atoms with E-state index >= 15 is 0 Å².